The highest BCUT2D eigenvalue weighted by molar-refractivity contribution is 5.36. The molecule has 0 aromatic heterocycles. The normalized spacial score (nSPS) is 28.8. The van der Waals surface area contributed by atoms with Crippen molar-refractivity contribution in [3.05, 3.63) is 105 Å². The van der Waals surface area contributed by atoms with Crippen LogP contribution in [0.15, 0.2) is 54.6 Å². The van der Waals surface area contributed by atoms with Crippen LogP contribution in [-0.4, -0.2) is 36.3 Å². The summed E-state index contributed by atoms with van der Waals surface area (Å²) in [6.07, 6.45) is 15.4. The van der Waals surface area contributed by atoms with Gasteiger partial charge in [-0.15, -0.1) is 0 Å². The lowest BCUT2D eigenvalue weighted by atomic mass is 9.89. The Hall–Kier alpha value is -2.58. The molecule has 3 aromatic rings. The lowest BCUT2D eigenvalue weighted by Gasteiger charge is -2.34. The molecule has 7 rings (SSSR count). The van der Waals surface area contributed by atoms with E-state index >= 15 is 0 Å². The summed E-state index contributed by atoms with van der Waals surface area (Å²) in [5, 5.41) is 24.2. The summed E-state index contributed by atoms with van der Waals surface area (Å²) in [5.41, 5.74) is 13.0. The summed E-state index contributed by atoms with van der Waals surface area (Å²) < 4.78 is 0. The van der Waals surface area contributed by atoms with Crippen molar-refractivity contribution in [2.75, 3.05) is 0 Å². The van der Waals surface area contributed by atoms with Crippen molar-refractivity contribution in [1.29, 1.82) is 0 Å². The molecule has 6 N–H and O–H groups in total. The zero-order valence-electron chi connectivity index (χ0n) is 31.9. The monoisotopic (exact) mass is 691 g/mol. The van der Waals surface area contributed by atoms with Gasteiger partial charge in [-0.3, -0.25) is 0 Å². The van der Waals surface area contributed by atoms with Crippen LogP contribution in [0.5, 0.6) is 0 Å². The van der Waals surface area contributed by atoms with Crippen LogP contribution in [0, 0.1) is 20.8 Å². The first-order valence-corrected chi connectivity index (χ1v) is 20.7. The molecule has 1 heterocycles. The maximum atomic E-state index is 4.03. The molecule has 6 bridgehead atoms. The van der Waals surface area contributed by atoms with Crippen molar-refractivity contribution in [1.82, 2.24) is 31.9 Å². The third kappa shape index (κ3) is 9.33. The Kier molecular flexibility index (Phi) is 12.9. The van der Waals surface area contributed by atoms with Gasteiger partial charge in [0.15, 0.2) is 0 Å². The third-order valence-electron chi connectivity index (χ3n) is 13.3. The van der Waals surface area contributed by atoms with Gasteiger partial charge in [0.25, 0.3) is 0 Å². The van der Waals surface area contributed by atoms with Crippen molar-refractivity contribution >= 4 is 0 Å². The van der Waals surface area contributed by atoms with E-state index in [-0.39, 0.29) is 0 Å². The highest BCUT2D eigenvalue weighted by atomic mass is 15.0. The van der Waals surface area contributed by atoms with Gasteiger partial charge in [-0.1, -0.05) is 93.1 Å². The predicted octanol–water partition coefficient (Wildman–Crippen LogP) is 7.50. The molecule has 3 aromatic carbocycles. The highest BCUT2D eigenvalue weighted by Crippen LogP contribution is 2.25. The summed E-state index contributed by atoms with van der Waals surface area (Å²) >= 11 is 0. The van der Waals surface area contributed by atoms with E-state index in [1.807, 2.05) is 0 Å². The molecule has 0 radical (unpaired) electrons. The molecule has 3 fully saturated rings. The Morgan fingerprint density at radius 3 is 0.667 bits per heavy atom. The van der Waals surface area contributed by atoms with Gasteiger partial charge in [-0.25, -0.2) is 0 Å². The zero-order chi connectivity index (χ0) is 35.0. The van der Waals surface area contributed by atoms with E-state index in [0.717, 1.165) is 39.3 Å². The number of hydrogen-bond acceptors (Lipinski definition) is 6. The van der Waals surface area contributed by atoms with Gasteiger partial charge in [0, 0.05) is 75.5 Å². The quantitative estimate of drug-likeness (QED) is 0.147. The summed E-state index contributed by atoms with van der Waals surface area (Å²) in [5.74, 6) is 0. The third-order valence-corrected chi connectivity index (χ3v) is 13.3. The molecule has 3 saturated carbocycles. The van der Waals surface area contributed by atoms with Crippen molar-refractivity contribution in [2.45, 2.75) is 173 Å². The molecule has 276 valence electrons. The van der Waals surface area contributed by atoms with Crippen LogP contribution in [0.2, 0.25) is 0 Å². The van der Waals surface area contributed by atoms with Gasteiger partial charge in [0.2, 0.25) is 0 Å². The first-order valence-electron chi connectivity index (χ1n) is 20.7. The smallest absolute Gasteiger partial charge is 0.0224 e. The van der Waals surface area contributed by atoms with Crippen LogP contribution in [-0.2, 0) is 39.3 Å². The molecule has 6 heteroatoms. The Morgan fingerprint density at radius 2 is 0.490 bits per heavy atom. The topological polar surface area (TPSA) is 72.2 Å². The average Bonchev–Trinajstić information content (AvgIpc) is 3.16. The number of rotatable bonds is 0. The Labute approximate surface area is 309 Å². The lowest BCUT2D eigenvalue weighted by Crippen LogP contribution is -2.49. The second-order valence-corrected chi connectivity index (χ2v) is 16.4. The number of nitrogens with one attached hydrogen (secondary N) is 6. The molecule has 0 amide bonds. The minimum absolute atomic E-state index is 0.501. The Bertz CT molecular complexity index is 1280. The van der Waals surface area contributed by atoms with Gasteiger partial charge in [0.1, 0.15) is 0 Å². The molecular weight excluding hydrogens is 625 g/mol. The van der Waals surface area contributed by atoms with Crippen LogP contribution < -0.4 is 31.9 Å². The van der Waals surface area contributed by atoms with Gasteiger partial charge < -0.3 is 31.9 Å². The summed E-state index contributed by atoms with van der Waals surface area (Å²) in [6, 6.07) is 23.8. The van der Waals surface area contributed by atoms with Crippen LogP contribution >= 0.6 is 0 Å². The van der Waals surface area contributed by atoms with Crippen LogP contribution in [0.3, 0.4) is 0 Å². The molecule has 1 aliphatic heterocycles. The minimum atomic E-state index is 0.501. The van der Waals surface area contributed by atoms with E-state index < -0.39 is 0 Å². The molecule has 6 nitrogen and oxygen atoms in total. The lowest BCUT2D eigenvalue weighted by molar-refractivity contribution is 0.280. The van der Waals surface area contributed by atoms with E-state index in [9.17, 15) is 0 Å². The van der Waals surface area contributed by atoms with E-state index in [1.54, 1.807) is 0 Å². The van der Waals surface area contributed by atoms with Crippen molar-refractivity contribution < 1.29 is 0 Å². The first-order chi connectivity index (χ1) is 25.0. The fourth-order valence-electron chi connectivity index (χ4n) is 9.66. The summed E-state index contributed by atoms with van der Waals surface area (Å²) in [6.45, 7) is 12.6. The maximum Gasteiger partial charge on any atom is 0.0224 e. The molecule has 0 spiro atoms. The largest absolute Gasteiger partial charge is 0.308 e. The van der Waals surface area contributed by atoms with Crippen LogP contribution in [0.4, 0.5) is 0 Å². The van der Waals surface area contributed by atoms with E-state index in [0.29, 0.717) is 36.3 Å². The van der Waals surface area contributed by atoms with Gasteiger partial charge in [0.05, 0.1) is 0 Å². The van der Waals surface area contributed by atoms with E-state index in [1.165, 1.54) is 127 Å². The van der Waals surface area contributed by atoms with Crippen molar-refractivity contribution in [2.24, 2.45) is 0 Å². The van der Waals surface area contributed by atoms with Gasteiger partial charge in [-0.2, -0.15) is 0 Å². The van der Waals surface area contributed by atoms with Gasteiger partial charge >= 0.3 is 0 Å². The molecule has 6 atom stereocenters. The molecule has 4 aliphatic rings. The summed E-state index contributed by atoms with van der Waals surface area (Å²) in [4.78, 5) is 0. The first kappa shape index (κ1) is 36.8. The molecule has 3 aliphatic carbocycles. The molecule has 0 saturated heterocycles. The number of benzene rings is 3. The van der Waals surface area contributed by atoms with Crippen LogP contribution in [0.25, 0.3) is 0 Å². The molecule has 51 heavy (non-hydrogen) atoms. The second-order valence-electron chi connectivity index (χ2n) is 16.4. The van der Waals surface area contributed by atoms with Crippen molar-refractivity contribution in [3.63, 3.8) is 0 Å². The fraction of sp³-hybridized carbons (Fsp3) is 0.600. The molecule has 0 unspecified atom stereocenters. The minimum Gasteiger partial charge on any atom is -0.308 e. The number of hydrogen-bond donors (Lipinski definition) is 6. The number of fused-ring (bicyclic) bond motifs is 9. The highest BCUT2D eigenvalue weighted by Gasteiger charge is 2.28. The van der Waals surface area contributed by atoms with Gasteiger partial charge in [-0.05, 0) is 109 Å². The predicted molar refractivity (Wildman–Crippen MR) is 213 cm³/mol. The van der Waals surface area contributed by atoms with E-state index in [2.05, 4.69) is 107 Å². The Morgan fingerprint density at radius 1 is 0.314 bits per heavy atom. The fourth-order valence-corrected chi connectivity index (χ4v) is 9.66. The van der Waals surface area contributed by atoms with Crippen molar-refractivity contribution in [3.8, 4) is 0 Å². The van der Waals surface area contributed by atoms with Crippen LogP contribution in [0.1, 0.15) is 127 Å². The molecular formula is C45H66N6. The maximum absolute atomic E-state index is 4.03. The average molecular weight is 691 g/mol. The summed E-state index contributed by atoms with van der Waals surface area (Å²) in [7, 11) is 0. The second kappa shape index (κ2) is 18.0. The zero-order valence-corrected chi connectivity index (χ0v) is 31.9. The van der Waals surface area contributed by atoms with E-state index in [4.69, 9.17) is 0 Å². The standard InChI is InChI=1S/C45H66N6/c1-31-34-13-10-14-35(31)26-47-41-20-5-7-22-43(41)49-28-37-16-12-18-39(33(37)3)30-51-45-24-9-8-23-44(45)50-29-38-17-11-15-36(32(38)2)27-48-42-21-6-4-19-40(42)46-25-34/h10-18,40-51H,4-9,19-30H2,1-3H3/t40-,41-,42-,43-,44-,45-/m1/s1. The SMILES string of the molecule is Cc1c2cccc1CN[C@@H]1CCCC[C@H]1NCc1cccc(c1C)CN[C@@H]1CCCC[C@H]1NCc1cccc(c1C)CN[C@@H]1CCCC[C@H]1NC2. The Balaban J connectivity index is 1.12.